The number of primary amides is 1. The summed E-state index contributed by atoms with van der Waals surface area (Å²) >= 11 is 0.0692. The molecule has 0 bridgehead atoms. The van der Waals surface area contributed by atoms with Crippen LogP contribution in [0.25, 0.3) is 0 Å². The van der Waals surface area contributed by atoms with E-state index in [1.807, 2.05) is 0 Å². The van der Waals surface area contributed by atoms with Crippen molar-refractivity contribution in [2.75, 3.05) is 19.6 Å². The molecular weight excluding hydrogens is 852 g/mol. The minimum atomic E-state index is -2.15. The molecule has 62 heavy (non-hydrogen) atoms. The molecule has 16 N–H and O–H groups in total. The quantitative estimate of drug-likeness (QED) is 0.0425. The zero-order valence-electron chi connectivity index (χ0n) is 33.3. The van der Waals surface area contributed by atoms with E-state index in [2.05, 4.69) is 30.6 Å². The van der Waals surface area contributed by atoms with Crippen LogP contribution < -0.4 is 36.9 Å². The molecule has 0 saturated carbocycles. The number of carbonyl (C=O) groups is 7. The number of aliphatic hydroxyl groups is 6. The Balaban J connectivity index is 1.81. The highest BCUT2D eigenvalue weighted by atomic mass is 32.2. The van der Waals surface area contributed by atoms with Crippen LogP contribution in [0.2, 0.25) is 0 Å². The Morgan fingerprint density at radius 2 is 1.52 bits per heavy atom. The van der Waals surface area contributed by atoms with Gasteiger partial charge in [0.2, 0.25) is 41.4 Å². The number of nitrogens with one attached hydrogen (secondary N) is 4. The number of phenolic OH excluding ortho intramolecular Hbond substituents is 1. The minimum absolute atomic E-state index is 0.0692. The van der Waals surface area contributed by atoms with E-state index in [9.17, 15) is 69.3 Å². The number of aromatic hydroxyl groups is 1. The summed E-state index contributed by atoms with van der Waals surface area (Å²) in [6.07, 6.45) is -12.7. The lowest BCUT2D eigenvalue weighted by Gasteiger charge is -2.33. The zero-order valence-corrected chi connectivity index (χ0v) is 34.1. The van der Waals surface area contributed by atoms with E-state index in [0.717, 1.165) is 28.9 Å². The van der Waals surface area contributed by atoms with E-state index < -0.39 is 165 Å². The molecule has 1 aromatic carbocycles. The SMILES string of the molecule is CC(O)C1NC(=O)[C@@H](N)CC(O)CNC(=O)C2C(O)C(C)CN2C(=O)C(C(O)CC(N)=O)NC(=O)C(C(O)Cc2ccc(O)c(OSOOO)c2)NC(=O)C2CC(O)CN2C1=O. The van der Waals surface area contributed by atoms with Crippen LogP contribution in [0.5, 0.6) is 11.5 Å². The van der Waals surface area contributed by atoms with Crippen LogP contribution in [0.15, 0.2) is 18.2 Å². The molecule has 346 valence electrons. The molecule has 3 fully saturated rings. The second kappa shape index (κ2) is 21.9. The van der Waals surface area contributed by atoms with Crippen molar-refractivity contribution >= 4 is 53.7 Å². The summed E-state index contributed by atoms with van der Waals surface area (Å²) in [4.78, 5) is 96.9. The van der Waals surface area contributed by atoms with Gasteiger partial charge in [-0.05, 0) is 31.0 Å². The van der Waals surface area contributed by atoms with Gasteiger partial charge in [0.25, 0.3) is 12.3 Å². The molecule has 0 aromatic heterocycles. The monoisotopic (exact) mass is 904 g/mol. The average molecular weight is 905 g/mol. The molecule has 3 heterocycles. The highest BCUT2D eigenvalue weighted by Crippen LogP contribution is 2.31. The summed E-state index contributed by atoms with van der Waals surface area (Å²) in [5.41, 5.74) is 11.4. The Bertz CT molecular complexity index is 1810. The molecule has 1 aromatic rings. The first kappa shape index (κ1) is 49.7. The van der Waals surface area contributed by atoms with E-state index in [0.29, 0.717) is 0 Å². The van der Waals surface area contributed by atoms with Gasteiger partial charge in [0.15, 0.2) is 11.5 Å². The fourth-order valence-corrected chi connectivity index (χ4v) is 7.58. The van der Waals surface area contributed by atoms with Gasteiger partial charge in [-0.2, -0.15) is 0 Å². The largest absolute Gasteiger partial charge is 0.504 e. The average Bonchev–Trinajstić information content (AvgIpc) is 3.74. The van der Waals surface area contributed by atoms with Crippen molar-refractivity contribution in [3.05, 3.63) is 23.8 Å². The summed E-state index contributed by atoms with van der Waals surface area (Å²) in [5, 5.41) is 96.9. The van der Waals surface area contributed by atoms with E-state index in [1.165, 1.54) is 13.0 Å². The van der Waals surface area contributed by atoms with E-state index in [-0.39, 0.29) is 30.2 Å². The van der Waals surface area contributed by atoms with E-state index >= 15 is 0 Å². The Labute approximate surface area is 357 Å². The van der Waals surface area contributed by atoms with Crippen LogP contribution in [-0.2, 0) is 49.4 Å². The maximum atomic E-state index is 14.3. The second-order valence-electron chi connectivity index (χ2n) is 15.3. The van der Waals surface area contributed by atoms with Crippen molar-refractivity contribution in [1.82, 2.24) is 31.1 Å². The predicted molar refractivity (Wildman–Crippen MR) is 207 cm³/mol. The summed E-state index contributed by atoms with van der Waals surface area (Å²) in [6, 6.07) is -7.43. The number of β-amino-alcohol motifs (C(OH)–C–C–N with tert-alkyl or cyclic N) is 1. The number of amides is 7. The normalized spacial score (nSPS) is 31.1. The van der Waals surface area contributed by atoms with E-state index in [1.54, 1.807) is 0 Å². The van der Waals surface area contributed by atoms with Gasteiger partial charge < -0.3 is 82.5 Å². The van der Waals surface area contributed by atoms with Crippen molar-refractivity contribution in [2.45, 2.75) is 112 Å². The van der Waals surface area contributed by atoms with Crippen LogP contribution in [0.4, 0.5) is 0 Å². The summed E-state index contributed by atoms with van der Waals surface area (Å²) in [7, 11) is 0. The lowest BCUT2D eigenvalue weighted by atomic mass is 9.98. The molecule has 0 spiro atoms. The Morgan fingerprint density at radius 1 is 0.871 bits per heavy atom. The van der Waals surface area contributed by atoms with Gasteiger partial charge in [-0.1, -0.05) is 22.4 Å². The Morgan fingerprint density at radius 3 is 2.16 bits per heavy atom. The number of benzene rings is 1. The lowest BCUT2D eigenvalue weighted by Crippen LogP contribution is -2.64. The van der Waals surface area contributed by atoms with Crippen LogP contribution in [-0.4, -0.2) is 185 Å². The molecule has 27 heteroatoms. The standard InChI is InChI=1S/C35H52N8O18S/c1-13-11-43-28(29(13)51)33(55)38-10-16(45)7-18(36)30(52)39-25(14(2)44)34(56)42-12-17(46)8-19(42)31(53)40-26(32(54)41-27(35(43)57)22(49)9-24(37)50)21(48)5-15-3-4-20(47)23(6-15)59-62-61-60-58/h3-4,6,13-14,16-19,21-22,25-29,44-49,51,58H,5,7-12,36H2,1-2H3,(H2,37,50)(H,38,55)(H,39,52)(H,40,53)(H,41,54)/t13?,14?,16?,17?,18-,19?,21?,22?,25?,26?,27?,28?,29?/m0/s1. The number of hydrogen-bond acceptors (Lipinski definition) is 20. The van der Waals surface area contributed by atoms with Gasteiger partial charge in [-0.25, -0.2) is 5.26 Å². The number of fused-ring (bicyclic) bond motifs is 2. The number of carbonyl (C=O) groups excluding carboxylic acids is 7. The van der Waals surface area contributed by atoms with Gasteiger partial charge in [0.1, 0.15) is 30.2 Å². The number of nitrogens with zero attached hydrogens (tertiary/aromatic N) is 2. The van der Waals surface area contributed by atoms with Gasteiger partial charge in [0.05, 0.1) is 49.1 Å². The number of hydrogen-bond donors (Lipinski definition) is 14. The van der Waals surface area contributed by atoms with Crippen molar-refractivity contribution in [1.29, 1.82) is 0 Å². The van der Waals surface area contributed by atoms with Crippen LogP contribution in [0.3, 0.4) is 0 Å². The molecule has 3 aliphatic heterocycles. The predicted octanol–water partition coefficient (Wildman–Crippen LogP) is -6.89. The molecule has 0 radical (unpaired) electrons. The minimum Gasteiger partial charge on any atom is -0.504 e. The van der Waals surface area contributed by atoms with Gasteiger partial charge in [-0.3, -0.25) is 33.6 Å². The molecule has 3 saturated heterocycles. The van der Waals surface area contributed by atoms with Crippen LogP contribution >= 0.6 is 12.3 Å². The molecule has 4 rings (SSSR count). The van der Waals surface area contributed by atoms with Crippen LogP contribution in [0, 0.1) is 5.92 Å². The smallest absolute Gasteiger partial charge is 0.261 e. The molecule has 26 nitrogen and oxygen atoms in total. The highest BCUT2D eigenvalue weighted by molar-refractivity contribution is 7.90. The first-order chi connectivity index (χ1) is 29.1. The summed E-state index contributed by atoms with van der Waals surface area (Å²) < 4.78 is 9.19. The number of nitrogens with two attached hydrogens (primary N) is 2. The number of phenols is 1. The maximum Gasteiger partial charge on any atom is 0.261 e. The van der Waals surface area contributed by atoms with E-state index in [4.69, 9.17) is 20.9 Å². The van der Waals surface area contributed by atoms with Crippen molar-refractivity contribution in [3.63, 3.8) is 0 Å². The topological polar surface area (TPSA) is 416 Å². The van der Waals surface area contributed by atoms with Crippen molar-refractivity contribution in [3.8, 4) is 11.5 Å². The molecular formula is C35H52N8O18S. The Kier molecular flexibility index (Phi) is 17.6. The molecule has 12 unspecified atom stereocenters. The number of aliphatic hydroxyl groups excluding tert-OH is 6. The third kappa shape index (κ3) is 12.4. The second-order valence-corrected chi connectivity index (χ2v) is 15.8. The zero-order chi connectivity index (χ0) is 46.2. The summed E-state index contributed by atoms with van der Waals surface area (Å²) in [6.45, 7) is 1.17. The fourth-order valence-electron chi connectivity index (χ4n) is 7.32. The molecule has 13 atom stereocenters. The molecule has 0 aliphatic carbocycles. The van der Waals surface area contributed by atoms with Crippen molar-refractivity contribution in [2.24, 2.45) is 17.4 Å². The molecule has 7 amide bonds. The van der Waals surface area contributed by atoms with Gasteiger partial charge in [0, 0.05) is 38.4 Å². The fraction of sp³-hybridized carbons (Fsp3) is 0.629. The van der Waals surface area contributed by atoms with Gasteiger partial charge in [-0.15, -0.1) is 0 Å². The van der Waals surface area contributed by atoms with Crippen molar-refractivity contribution < 1.29 is 88.1 Å². The third-order valence-electron chi connectivity index (χ3n) is 10.5. The first-order valence-electron chi connectivity index (χ1n) is 19.2. The lowest BCUT2D eigenvalue weighted by molar-refractivity contribution is -0.433. The van der Waals surface area contributed by atoms with Crippen LogP contribution in [0.1, 0.15) is 38.7 Å². The highest BCUT2D eigenvalue weighted by Gasteiger charge is 2.49. The third-order valence-corrected chi connectivity index (χ3v) is 10.9. The first-order valence-corrected chi connectivity index (χ1v) is 19.9. The molecule has 3 aliphatic rings. The maximum absolute atomic E-state index is 14.3. The van der Waals surface area contributed by atoms with Gasteiger partial charge >= 0.3 is 0 Å². The number of rotatable bonds is 11. The summed E-state index contributed by atoms with van der Waals surface area (Å²) in [5.74, 6) is -9.67. The Hall–Kier alpha value is -4.94.